The lowest BCUT2D eigenvalue weighted by Crippen LogP contribution is -1.99. The molecule has 0 amide bonds. The van der Waals surface area contributed by atoms with Gasteiger partial charge in [0.05, 0.1) is 12.6 Å². The van der Waals surface area contributed by atoms with Crippen LogP contribution in [0.3, 0.4) is 0 Å². The van der Waals surface area contributed by atoms with E-state index in [4.69, 9.17) is 5.73 Å². The Bertz CT molecular complexity index is 357. The van der Waals surface area contributed by atoms with Crippen molar-refractivity contribution in [1.29, 1.82) is 0 Å². The zero-order valence-corrected chi connectivity index (χ0v) is 9.77. The fourth-order valence-electron chi connectivity index (χ4n) is 0.719. The van der Waals surface area contributed by atoms with Crippen molar-refractivity contribution in [2.45, 2.75) is 0 Å². The molecule has 1 aromatic rings. The second-order valence-corrected chi connectivity index (χ2v) is 6.36. The van der Waals surface area contributed by atoms with Gasteiger partial charge in [0.1, 0.15) is 10.4 Å². The van der Waals surface area contributed by atoms with Crippen molar-refractivity contribution < 1.29 is 0 Å². The molecule has 0 radical (unpaired) electrons. The lowest BCUT2D eigenvalue weighted by atomic mass is 10.4. The summed E-state index contributed by atoms with van der Waals surface area (Å²) in [5.74, 6) is 0.605. The molecule has 0 aliphatic carbocycles. The van der Waals surface area contributed by atoms with E-state index < -0.39 is 0 Å². The highest BCUT2D eigenvalue weighted by Crippen LogP contribution is 2.30. The van der Waals surface area contributed by atoms with Crippen LogP contribution < -0.4 is 5.73 Å². The minimum absolute atomic E-state index is 0.0778. The van der Waals surface area contributed by atoms with E-state index in [9.17, 15) is 0 Å². The SMILES string of the molecule is Nc1nsc2c1C(Br)=NC=I2. The van der Waals surface area contributed by atoms with E-state index in [1.807, 2.05) is 4.14 Å². The van der Waals surface area contributed by atoms with Gasteiger partial charge in [0.15, 0.2) is 0 Å². The van der Waals surface area contributed by atoms with Crippen molar-refractivity contribution in [3.8, 4) is 0 Å². The van der Waals surface area contributed by atoms with Crippen LogP contribution in [0.5, 0.6) is 0 Å². The fraction of sp³-hybridized carbons (Fsp3) is 0. The van der Waals surface area contributed by atoms with Crippen LogP contribution in [0, 0.1) is 2.88 Å². The third-order valence-electron chi connectivity index (χ3n) is 1.19. The van der Waals surface area contributed by atoms with Gasteiger partial charge in [-0.1, -0.05) is 20.7 Å². The van der Waals surface area contributed by atoms with Gasteiger partial charge >= 0.3 is 0 Å². The summed E-state index contributed by atoms with van der Waals surface area (Å²) in [6.45, 7) is 0. The molecular formula is C5H3BrIN3S. The van der Waals surface area contributed by atoms with E-state index >= 15 is 0 Å². The number of anilines is 1. The highest BCUT2D eigenvalue weighted by Gasteiger charge is 2.15. The van der Waals surface area contributed by atoms with E-state index in [1.165, 1.54) is 14.4 Å². The second kappa shape index (κ2) is 2.91. The molecule has 0 fully saturated rings. The summed E-state index contributed by atoms with van der Waals surface area (Å²) in [4.78, 5) is 4.15. The van der Waals surface area contributed by atoms with Crippen molar-refractivity contribution in [2.24, 2.45) is 4.99 Å². The second-order valence-electron chi connectivity index (χ2n) is 1.84. The van der Waals surface area contributed by atoms with Gasteiger partial charge in [0.2, 0.25) is 0 Å². The molecule has 2 heterocycles. The molecule has 0 aromatic carbocycles. The van der Waals surface area contributed by atoms with Gasteiger partial charge in [-0.2, -0.15) is 4.37 Å². The minimum atomic E-state index is -0.0778. The van der Waals surface area contributed by atoms with Crippen LogP contribution in [-0.2, 0) is 0 Å². The van der Waals surface area contributed by atoms with Crippen LogP contribution in [0.4, 0.5) is 5.82 Å². The minimum Gasteiger partial charge on any atom is -0.382 e. The number of nitrogen functional groups attached to an aromatic ring is 1. The third-order valence-corrected chi connectivity index (χ3v) is 5.30. The number of hydrogen-bond donors (Lipinski definition) is 1. The lowest BCUT2D eigenvalue weighted by Gasteiger charge is -1.99. The highest BCUT2D eigenvalue weighted by molar-refractivity contribution is 14.2. The van der Waals surface area contributed by atoms with Crippen LogP contribution in [-0.4, -0.2) is 13.1 Å². The third kappa shape index (κ3) is 1.27. The molecular weight excluding hydrogens is 341 g/mol. The predicted octanol–water partition coefficient (Wildman–Crippen LogP) is 1.78. The largest absolute Gasteiger partial charge is 0.382 e. The monoisotopic (exact) mass is 343 g/mol. The Hall–Kier alpha value is 0.180. The zero-order chi connectivity index (χ0) is 7.84. The summed E-state index contributed by atoms with van der Waals surface area (Å²) < 4.78 is 8.14. The zero-order valence-electron chi connectivity index (χ0n) is 5.21. The van der Waals surface area contributed by atoms with Crippen LogP contribution >= 0.6 is 48.2 Å². The average molecular weight is 344 g/mol. The maximum Gasteiger partial charge on any atom is 0.148 e. The number of fused-ring (bicyclic) bond motifs is 1. The molecule has 1 aromatic heterocycles. The number of rotatable bonds is 0. The first-order valence-electron chi connectivity index (χ1n) is 2.73. The van der Waals surface area contributed by atoms with Crippen molar-refractivity contribution in [3.05, 3.63) is 8.45 Å². The van der Waals surface area contributed by atoms with E-state index in [0.717, 1.165) is 10.2 Å². The standard InChI is InChI=1S/C5H3BrIN3S/c6-3-2-4(7-1-9-3)11-10-5(2)8/h1H,(H2,8,10). The molecule has 0 saturated heterocycles. The van der Waals surface area contributed by atoms with Gasteiger partial charge in [-0.25, -0.2) is 4.99 Å². The number of nitrogens with two attached hydrogens (primary N) is 1. The van der Waals surface area contributed by atoms with Crippen LogP contribution in [0.15, 0.2) is 4.99 Å². The molecule has 11 heavy (non-hydrogen) atoms. The van der Waals surface area contributed by atoms with Gasteiger partial charge in [-0.05, 0) is 27.5 Å². The van der Waals surface area contributed by atoms with E-state index in [-0.39, 0.29) is 20.7 Å². The van der Waals surface area contributed by atoms with E-state index in [1.54, 1.807) is 0 Å². The molecule has 0 saturated carbocycles. The van der Waals surface area contributed by atoms with Gasteiger partial charge < -0.3 is 5.73 Å². The normalized spacial score (nSPS) is 15.2. The Morgan fingerprint density at radius 2 is 2.45 bits per heavy atom. The maximum atomic E-state index is 5.64. The number of aliphatic imine (C=N–C) groups is 1. The summed E-state index contributed by atoms with van der Waals surface area (Å²) in [6.07, 6.45) is 0. The Morgan fingerprint density at radius 3 is 3.18 bits per heavy atom. The van der Waals surface area contributed by atoms with Crippen LogP contribution in [0.1, 0.15) is 5.56 Å². The number of nitrogens with zero attached hydrogens (tertiary/aromatic N) is 2. The summed E-state index contributed by atoms with van der Waals surface area (Å²) in [6, 6.07) is 0. The van der Waals surface area contributed by atoms with Gasteiger partial charge in [-0.3, -0.25) is 0 Å². The Labute approximate surface area is 85.8 Å². The first-order chi connectivity index (χ1) is 5.29. The summed E-state index contributed by atoms with van der Waals surface area (Å²) in [7, 11) is 0. The Kier molecular flexibility index (Phi) is 2.06. The molecule has 1 aliphatic rings. The van der Waals surface area contributed by atoms with Crippen molar-refractivity contribution in [1.82, 2.24) is 4.37 Å². The quantitative estimate of drug-likeness (QED) is 0.730. The smallest absolute Gasteiger partial charge is 0.148 e. The van der Waals surface area contributed by atoms with E-state index in [2.05, 4.69) is 25.3 Å². The van der Waals surface area contributed by atoms with Crippen LogP contribution in [0.2, 0.25) is 0 Å². The summed E-state index contributed by atoms with van der Waals surface area (Å²) in [5.41, 5.74) is 6.66. The predicted molar refractivity (Wildman–Crippen MR) is 60.8 cm³/mol. The van der Waals surface area contributed by atoms with Crippen molar-refractivity contribution in [3.63, 3.8) is 0 Å². The number of halogens is 2. The number of hydrogen-bond acceptors (Lipinski definition) is 4. The molecule has 3 nitrogen and oxygen atoms in total. The first kappa shape index (κ1) is 7.81. The first-order valence-corrected chi connectivity index (χ1v) is 6.62. The molecule has 58 valence electrons. The van der Waals surface area contributed by atoms with E-state index in [0.29, 0.717) is 5.82 Å². The maximum absolute atomic E-state index is 5.64. The Balaban J connectivity index is 2.71. The molecule has 1 aliphatic heterocycles. The molecule has 6 heteroatoms. The summed E-state index contributed by atoms with van der Waals surface area (Å²) >= 11 is 4.75. The van der Waals surface area contributed by atoms with Gasteiger partial charge in [0.25, 0.3) is 0 Å². The topological polar surface area (TPSA) is 51.3 Å². The Morgan fingerprint density at radius 1 is 1.64 bits per heavy atom. The highest BCUT2D eigenvalue weighted by atomic mass is 127. The molecule has 0 atom stereocenters. The fourth-order valence-corrected chi connectivity index (χ4v) is 5.13. The average Bonchev–Trinajstić information content (AvgIpc) is 2.34. The lowest BCUT2D eigenvalue weighted by molar-refractivity contribution is 1.54. The molecule has 0 spiro atoms. The summed E-state index contributed by atoms with van der Waals surface area (Å²) in [5, 5.41) is 0. The molecule has 0 bridgehead atoms. The molecule has 2 N–H and O–H groups in total. The molecule has 0 unspecified atom stereocenters. The van der Waals surface area contributed by atoms with Crippen molar-refractivity contribution in [2.75, 3.05) is 5.73 Å². The van der Waals surface area contributed by atoms with Crippen LogP contribution in [0.25, 0.3) is 0 Å². The molecule has 2 rings (SSSR count). The van der Waals surface area contributed by atoms with Crippen molar-refractivity contribution >= 4 is 62.8 Å². The van der Waals surface area contributed by atoms with Gasteiger partial charge in [-0.15, -0.1) is 0 Å². The van der Waals surface area contributed by atoms with Gasteiger partial charge in [0, 0.05) is 0 Å². The number of aromatic nitrogens is 1.